The van der Waals surface area contributed by atoms with Crippen molar-refractivity contribution in [3.8, 4) is 16.8 Å². The first-order chi connectivity index (χ1) is 9.25. The summed E-state index contributed by atoms with van der Waals surface area (Å²) in [6.45, 7) is 0. The molecule has 0 radical (unpaired) electrons. The topological polar surface area (TPSA) is 43.8 Å². The predicted octanol–water partition coefficient (Wildman–Crippen LogP) is 3.26. The maximum absolute atomic E-state index is 13.2. The van der Waals surface area contributed by atoms with Crippen molar-refractivity contribution in [2.45, 2.75) is 0 Å². The lowest BCUT2D eigenvalue weighted by Gasteiger charge is -2.05. The number of hydrogen-bond donors (Lipinski definition) is 1. The van der Waals surface area contributed by atoms with Crippen LogP contribution >= 0.6 is 0 Å². The monoisotopic (exact) mass is 253 g/mol. The number of halogens is 1. The molecular formula is C15H12FN3. The number of nitrogen functional groups attached to an aromatic ring is 1. The highest BCUT2D eigenvalue weighted by molar-refractivity contribution is 5.74. The van der Waals surface area contributed by atoms with Crippen LogP contribution < -0.4 is 5.73 Å². The number of benzene rings is 2. The highest BCUT2D eigenvalue weighted by Crippen LogP contribution is 2.27. The predicted molar refractivity (Wildman–Crippen MR) is 73.4 cm³/mol. The maximum atomic E-state index is 13.2. The molecule has 94 valence electrons. The fourth-order valence-electron chi connectivity index (χ4n) is 2.01. The quantitative estimate of drug-likeness (QED) is 0.761. The van der Waals surface area contributed by atoms with Gasteiger partial charge in [-0.15, -0.1) is 0 Å². The first-order valence-electron chi connectivity index (χ1n) is 5.90. The molecule has 0 atom stereocenters. The van der Waals surface area contributed by atoms with Crippen LogP contribution in [0.3, 0.4) is 0 Å². The molecule has 3 nitrogen and oxygen atoms in total. The summed E-state index contributed by atoms with van der Waals surface area (Å²) in [5, 5.41) is 4.23. The molecule has 0 bridgehead atoms. The molecular weight excluding hydrogens is 241 g/mol. The van der Waals surface area contributed by atoms with Crippen molar-refractivity contribution >= 4 is 5.82 Å². The average Bonchev–Trinajstić information content (AvgIpc) is 2.81. The molecule has 1 heterocycles. The first-order valence-corrected chi connectivity index (χ1v) is 5.90. The molecule has 0 aliphatic rings. The van der Waals surface area contributed by atoms with Crippen molar-refractivity contribution in [3.05, 3.63) is 66.6 Å². The van der Waals surface area contributed by atoms with Crippen LogP contribution in [-0.2, 0) is 0 Å². The Balaban J connectivity index is 2.09. The summed E-state index contributed by atoms with van der Waals surface area (Å²) < 4.78 is 14.8. The first kappa shape index (κ1) is 11.5. The fourth-order valence-corrected chi connectivity index (χ4v) is 2.01. The standard InChI is InChI=1S/C15H12FN3/c16-12-7-4-8-13(9-12)19-15(17)14(10-18-19)11-5-2-1-3-6-11/h1-10H,17H2. The molecule has 0 saturated carbocycles. The van der Waals surface area contributed by atoms with E-state index in [1.54, 1.807) is 18.3 Å². The summed E-state index contributed by atoms with van der Waals surface area (Å²) >= 11 is 0. The van der Waals surface area contributed by atoms with Gasteiger partial charge in [-0.25, -0.2) is 9.07 Å². The summed E-state index contributed by atoms with van der Waals surface area (Å²) in [5.41, 5.74) is 8.53. The molecule has 0 fully saturated rings. The van der Waals surface area contributed by atoms with Crippen molar-refractivity contribution < 1.29 is 4.39 Å². The van der Waals surface area contributed by atoms with Crippen LogP contribution in [0.2, 0.25) is 0 Å². The zero-order valence-corrected chi connectivity index (χ0v) is 10.1. The molecule has 0 unspecified atom stereocenters. The second-order valence-electron chi connectivity index (χ2n) is 4.20. The van der Waals surface area contributed by atoms with Crippen molar-refractivity contribution in [2.24, 2.45) is 0 Å². The fraction of sp³-hybridized carbons (Fsp3) is 0. The van der Waals surface area contributed by atoms with Gasteiger partial charge in [0.1, 0.15) is 11.6 Å². The summed E-state index contributed by atoms with van der Waals surface area (Å²) in [6, 6.07) is 15.9. The lowest BCUT2D eigenvalue weighted by molar-refractivity contribution is 0.625. The number of aromatic nitrogens is 2. The number of anilines is 1. The van der Waals surface area contributed by atoms with Crippen molar-refractivity contribution in [3.63, 3.8) is 0 Å². The molecule has 0 saturated heterocycles. The summed E-state index contributed by atoms with van der Waals surface area (Å²) in [7, 11) is 0. The second-order valence-corrected chi connectivity index (χ2v) is 4.20. The Bertz CT molecular complexity index is 704. The molecule has 0 aliphatic carbocycles. The van der Waals surface area contributed by atoms with Crippen LogP contribution in [0.5, 0.6) is 0 Å². The minimum Gasteiger partial charge on any atom is -0.383 e. The molecule has 2 N–H and O–H groups in total. The Kier molecular flexibility index (Phi) is 2.76. The van der Waals surface area contributed by atoms with E-state index < -0.39 is 0 Å². The van der Waals surface area contributed by atoms with Gasteiger partial charge in [0, 0.05) is 5.56 Å². The molecule has 2 aromatic carbocycles. The van der Waals surface area contributed by atoms with Gasteiger partial charge in [-0.3, -0.25) is 0 Å². The number of nitrogens with two attached hydrogens (primary N) is 1. The van der Waals surface area contributed by atoms with Crippen LogP contribution in [0.1, 0.15) is 0 Å². The Morgan fingerprint density at radius 3 is 2.53 bits per heavy atom. The van der Waals surface area contributed by atoms with E-state index in [1.165, 1.54) is 16.8 Å². The lowest BCUT2D eigenvalue weighted by atomic mass is 10.1. The van der Waals surface area contributed by atoms with Gasteiger partial charge in [0.25, 0.3) is 0 Å². The Morgan fingerprint density at radius 1 is 1.00 bits per heavy atom. The van der Waals surface area contributed by atoms with Crippen LogP contribution in [-0.4, -0.2) is 9.78 Å². The zero-order valence-electron chi connectivity index (χ0n) is 10.1. The Labute approximate surface area is 110 Å². The van der Waals surface area contributed by atoms with Gasteiger partial charge in [-0.2, -0.15) is 5.10 Å². The Hall–Kier alpha value is -2.62. The number of nitrogens with zero attached hydrogens (tertiary/aromatic N) is 2. The van der Waals surface area contributed by atoms with E-state index in [0.29, 0.717) is 11.5 Å². The SMILES string of the molecule is Nc1c(-c2ccccc2)cnn1-c1cccc(F)c1. The average molecular weight is 253 g/mol. The van der Waals surface area contributed by atoms with Crippen LogP contribution in [0.25, 0.3) is 16.8 Å². The Morgan fingerprint density at radius 2 is 1.79 bits per heavy atom. The largest absolute Gasteiger partial charge is 0.383 e. The van der Waals surface area contributed by atoms with Gasteiger partial charge < -0.3 is 5.73 Å². The summed E-state index contributed by atoms with van der Waals surface area (Å²) in [4.78, 5) is 0. The van der Waals surface area contributed by atoms with Gasteiger partial charge >= 0.3 is 0 Å². The van der Waals surface area contributed by atoms with Gasteiger partial charge in [0.2, 0.25) is 0 Å². The van der Waals surface area contributed by atoms with Crippen molar-refractivity contribution in [2.75, 3.05) is 5.73 Å². The summed E-state index contributed by atoms with van der Waals surface area (Å²) in [6.07, 6.45) is 1.69. The summed E-state index contributed by atoms with van der Waals surface area (Å²) in [5.74, 6) is 0.186. The molecule has 19 heavy (non-hydrogen) atoms. The van der Waals surface area contributed by atoms with Crippen molar-refractivity contribution in [1.29, 1.82) is 0 Å². The highest BCUT2D eigenvalue weighted by atomic mass is 19.1. The second kappa shape index (κ2) is 4.57. The normalized spacial score (nSPS) is 10.6. The molecule has 0 spiro atoms. The van der Waals surface area contributed by atoms with Gasteiger partial charge in [0.05, 0.1) is 11.9 Å². The van der Waals surface area contributed by atoms with E-state index in [0.717, 1.165) is 11.1 Å². The molecule has 0 amide bonds. The third-order valence-electron chi connectivity index (χ3n) is 2.94. The molecule has 0 aliphatic heterocycles. The molecule has 3 rings (SSSR count). The molecule has 4 heteroatoms. The van der Waals surface area contributed by atoms with Gasteiger partial charge in [-0.05, 0) is 23.8 Å². The van der Waals surface area contributed by atoms with E-state index in [4.69, 9.17) is 5.73 Å². The molecule has 1 aromatic heterocycles. The van der Waals surface area contributed by atoms with E-state index in [1.807, 2.05) is 30.3 Å². The van der Waals surface area contributed by atoms with E-state index >= 15 is 0 Å². The minimum atomic E-state index is -0.311. The molecule has 3 aromatic rings. The third-order valence-corrected chi connectivity index (χ3v) is 2.94. The maximum Gasteiger partial charge on any atom is 0.135 e. The smallest absolute Gasteiger partial charge is 0.135 e. The highest BCUT2D eigenvalue weighted by Gasteiger charge is 2.10. The minimum absolute atomic E-state index is 0.311. The number of rotatable bonds is 2. The van der Waals surface area contributed by atoms with Crippen LogP contribution in [0.15, 0.2) is 60.8 Å². The van der Waals surface area contributed by atoms with E-state index in [9.17, 15) is 4.39 Å². The van der Waals surface area contributed by atoms with E-state index in [-0.39, 0.29) is 5.82 Å². The third kappa shape index (κ3) is 2.08. The zero-order chi connectivity index (χ0) is 13.2. The van der Waals surface area contributed by atoms with Crippen LogP contribution in [0, 0.1) is 5.82 Å². The van der Waals surface area contributed by atoms with E-state index in [2.05, 4.69) is 5.10 Å². The van der Waals surface area contributed by atoms with Gasteiger partial charge in [-0.1, -0.05) is 36.4 Å². The van der Waals surface area contributed by atoms with Crippen molar-refractivity contribution in [1.82, 2.24) is 9.78 Å². The van der Waals surface area contributed by atoms with Crippen LogP contribution in [0.4, 0.5) is 10.2 Å². The lowest BCUT2D eigenvalue weighted by Crippen LogP contribution is -2.02. The number of hydrogen-bond acceptors (Lipinski definition) is 2. The van der Waals surface area contributed by atoms with Gasteiger partial charge in [0.15, 0.2) is 0 Å².